The maximum Gasteiger partial charge on any atom is 0.227 e. The number of nitrogens with zero attached hydrogens (tertiary/aromatic N) is 2. The molecule has 2 aromatic carbocycles. The van der Waals surface area contributed by atoms with E-state index in [9.17, 15) is 4.79 Å². The maximum absolute atomic E-state index is 12.7. The minimum absolute atomic E-state index is 0.194. The number of carbonyl (C=O) groups excluding carboxylic acids is 1. The molecule has 2 heterocycles. The number of nitrogens with one attached hydrogen (secondary N) is 1. The minimum atomic E-state index is 0.194. The Bertz CT molecular complexity index is 910. The van der Waals surface area contributed by atoms with Crippen LogP contribution in [-0.2, 0) is 11.2 Å². The molecule has 5 nitrogen and oxygen atoms in total. The second-order valence-electron chi connectivity index (χ2n) is 6.62. The summed E-state index contributed by atoms with van der Waals surface area (Å²) in [6.07, 6.45) is 2.38. The van der Waals surface area contributed by atoms with Gasteiger partial charge in [-0.15, -0.1) is 0 Å². The molecule has 5 heteroatoms. The standard InChI is InChI=1S/C21H23N3O2/c1-26-20-5-3-2-4-19(20)23-10-12-24(13-11-23)21(25)15-16-6-7-18-17(14-16)8-9-22-18/h2-9,14,22H,10-13,15H2,1H3. The molecule has 0 aliphatic carbocycles. The minimum Gasteiger partial charge on any atom is -0.495 e. The Balaban J connectivity index is 1.38. The number of rotatable bonds is 4. The van der Waals surface area contributed by atoms with Gasteiger partial charge in [0.05, 0.1) is 19.2 Å². The number of methoxy groups -OCH3 is 1. The fourth-order valence-electron chi connectivity index (χ4n) is 3.59. The van der Waals surface area contributed by atoms with E-state index < -0.39 is 0 Å². The van der Waals surface area contributed by atoms with E-state index in [4.69, 9.17) is 4.74 Å². The van der Waals surface area contributed by atoms with Crippen LogP contribution < -0.4 is 9.64 Å². The van der Waals surface area contributed by atoms with Crippen molar-refractivity contribution in [1.82, 2.24) is 9.88 Å². The van der Waals surface area contributed by atoms with E-state index in [-0.39, 0.29) is 5.91 Å². The number of aromatic nitrogens is 1. The highest BCUT2D eigenvalue weighted by Crippen LogP contribution is 2.28. The zero-order valence-electron chi connectivity index (χ0n) is 14.9. The SMILES string of the molecule is COc1ccccc1N1CCN(C(=O)Cc2ccc3[nH]ccc3c2)CC1. The lowest BCUT2D eigenvalue weighted by atomic mass is 10.1. The number of fused-ring (bicyclic) bond motifs is 1. The first-order chi connectivity index (χ1) is 12.7. The zero-order chi connectivity index (χ0) is 17.9. The number of ether oxygens (including phenoxy) is 1. The Kier molecular flexibility index (Phi) is 4.52. The van der Waals surface area contributed by atoms with Gasteiger partial charge in [-0.2, -0.15) is 0 Å². The summed E-state index contributed by atoms with van der Waals surface area (Å²) in [5, 5.41) is 1.15. The molecular weight excluding hydrogens is 326 g/mol. The van der Waals surface area contributed by atoms with E-state index >= 15 is 0 Å². The number of benzene rings is 2. The number of anilines is 1. The number of H-pyrrole nitrogens is 1. The molecule has 0 spiro atoms. The van der Waals surface area contributed by atoms with Crippen LogP contribution in [-0.4, -0.2) is 49.1 Å². The third-order valence-corrected chi connectivity index (χ3v) is 5.03. The first-order valence-electron chi connectivity index (χ1n) is 8.96. The Morgan fingerprint density at radius 3 is 2.69 bits per heavy atom. The number of hydrogen-bond donors (Lipinski definition) is 1. The van der Waals surface area contributed by atoms with E-state index in [2.05, 4.69) is 22.0 Å². The maximum atomic E-state index is 12.7. The van der Waals surface area contributed by atoms with E-state index in [0.717, 1.165) is 54.1 Å². The van der Waals surface area contributed by atoms with Crippen LogP contribution in [0.1, 0.15) is 5.56 Å². The van der Waals surface area contributed by atoms with Gasteiger partial charge in [0.2, 0.25) is 5.91 Å². The number of hydrogen-bond acceptors (Lipinski definition) is 3. The quantitative estimate of drug-likeness (QED) is 0.787. The summed E-state index contributed by atoms with van der Waals surface area (Å²) in [6, 6.07) is 16.2. The molecule has 26 heavy (non-hydrogen) atoms. The summed E-state index contributed by atoms with van der Waals surface area (Å²) in [4.78, 5) is 20.1. The summed E-state index contributed by atoms with van der Waals surface area (Å²) in [6.45, 7) is 3.12. The lowest BCUT2D eigenvalue weighted by Gasteiger charge is -2.36. The normalized spacial score (nSPS) is 14.7. The Morgan fingerprint density at radius 1 is 1.08 bits per heavy atom. The Morgan fingerprint density at radius 2 is 1.88 bits per heavy atom. The van der Waals surface area contributed by atoms with Crippen LogP contribution in [0.3, 0.4) is 0 Å². The Hall–Kier alpha value is -2.95. The summed E-state index contributed by atoms with van der Waals surface area (Å²) < 4.78 is 5.46. The molecule has 1 saturated heterocycles. The molecule has 0 saturated carbocycles. The van der Waals surface area contributed by atoms with Gasteiger partial charge in [-0.25, -0.2) is 0 Å². The fourth-order valence-corrected chi connectivity index (χ4v) is 3.59. The van der Waals surface area contributed by atoms with Crippen molar-refractivity contribution >= 4 is 22.5 Å². The summed E-state index contributed by atoms with van der Waals surface area (Å²) >= 11 is 0. The Labute approximate surface area is 153 Å². The molecule has 1 aliphatic rings. The van der Waals surface area contributed by atoms with E-state index in [1.807, 2.05) is 47.5 Å². The van der Waals surface area contributed by atoms with Gasteiger partial charge in [-0.1, -0.05) is 18.2 Å². The summed E-state index contributed by atoms with van der Waals surface area (Å²) in [5.41, 5.74) is 3.26. The van der Waals surface area contributed by atoms with Crippen molar-refractivity contribution in [3.8, 4) is 5.75 Å². The van der Waals surface area contributed by atoms with Crippen LogP contribution in [0.4, 0.5) is 5.69 Å². The topological polar surface area (TPSA) is 48.6 Å². The van der Waals surface area contributed by atoms with Crippen LogP contribution in [0.2, 0.25) is 0 Å². The number of carbonyl (C=O) groups is 1. The van der Waals surface area contributed by atoms with Gasteiger partial charge >= 0.3 is 0 Å². The van der Waals surface area contributed by atoms with E-state index in [0.29, 0.717) is 6.42 Å². The predicted octanol–water partition coefficient (Wildman–Crippen LogP) is 3.07. The average molecular weight is 349 g/mol. The van der Waals surface area contributed by atoms with Crippen molar-refractivity contribution in [3.05, 3.63) is 60.3 Å². The molecule has 1 fully saturated rings. The van der Waals surface area contributed by atoms with Gasteiger partial charge in [0.25, 0.3) is 0 Å². The number of para-hydroxylation sites is 2. The molecule has 1 aromatic heterocycles. The average Bonchev–Trinajstić information content (AvgIpc) is 3.16. The highest BCUT2D eigenvalue weighted by molar-refractivity contribution is 5.83. The van der Waals surface area contributed by atoms with Gasteiger partial charge in [0.15, 0.2) is 0 Å². The van der Waals surface area contributed by atoms with Crippen LogP contribution in [0.15, 0.2) is 54.7 Å². The highest BCUT2D eigenvalue weighted by Gasteiger charge is 2.22. The van der Waals surface area contributed by atoms with Crippen molar-refractivity contribution in [2.24, 2.45) is 0 Å². The molecule has 0 unspecified atom stereocenters. The molecule has 0 atom stereocenters. The van der Waals surface area contributed by atoms with Gasteiger partial charge < -0.3 is 19.5 Å². The van der Waals surface area contributed by atoms with Crippen molar-refractivity contribution in [2.75, 3.05) is 38.2 Å². The first-order valence-corrected chi connectivity index (χ1v) is 8.96. The van der Waals surface area contributed by atoms with Gasteiger partial charge in [0, 0.05) is 37.9 Å². The largest absolute Gasteiger partial charge is 0.495 e. The lowest BCUT2D eigenvalue weighted by Crippen LogP contribution is -2.49. The first kappa shape index (κ1) is 16.5. The molecule has 1 aliphatic heterocycles. The van der Waals surface area contributed by atoms with Gasteiger partial charge in [-0.05, 0) is 41.3 Å². The second-order valence-corrected chi connectivity index (χ2v) is 6.62. The molecule has 3 aromatic rings. The van der Waals surface area contributed by atoms with Crippen molar-refractivity contribution in [3.63, 3.8) is 0 Å². The third-order valence-electron chi connectivity index (χ3n) is 5.03. The highest BCUT2D eigenvalue weighted by atomic mass is 16.5. The van der Waals surface area contributed by atoms with Gasteiger partial charge in [0.1, 0.15) is 5.75 Å². The number of piperazine rings is 1. The van der Waals surface area contributed by atoms with Crippen molar-refractivity contribution in [1.29, 1.82) is 0 Å². The van der Waals surface area contributed by atoms with Crippen LogP contribution in [0.5, 0.6) is 5.75 Å². The third kappa shape index (κ3) is 3.25. The smallest absolute Gasteiger partial charge is 0.227 e. The van der Waals surface area contributed by atoms with E-state index in [1.54, 1.807) is 7.11 Å². The molecular formula is C21H23N3O2. The summed E-state index contributed by atoms with van der Waals surface area (Å²) in [5.74, 6) is 1.08. The number of amides is 1. The molecule has 1 amide bonds. The van der Waals surface area contributed by atoms with Crippen molar-refractivity contribution < 1.29 is 9.53 Å². The molecule has 0 radical (unpaired) electrons. The second kappa shape index (κ2) is 7.12. The van der Waals surface area contributed by atoms with E-state index in [1.165, 1.54) is 0 Å². The molecule has 4 rings (SSSR count). The monoisotopic (exact) mass is 349 g/mol. The lowest BCUT2D eigenvalue weighted by molar-refractivity contribution is -0.130. The molecule has 0 bridgehead atoms. The molecule has 1 N–H and O–H groups in total. The van der Waals surface area contributed by atoms with Crippen LogP contribution in [0, 0.1) is 0 Å². The van der Waals surface area contributed by atoms with Gasteiger partial charge in [-0.3, -0.25) is 4.79 Å². The predicted molar refractivity (Wildman–Crippen MR) is 104 cm³/mol. The zero-order valence-corrected chi connectivity index (χ0v) is 14.9. The van der Waals surface area contributed by atoms with Crippen LogP contribution in [0.25, 0.3) is 10.9 Å². The number of aromatic amines is 1. The summed E-state index contributed by atoms with van der Waals surface area (Å²) in [7, 11) is 1.69. The molecule has 134 valence electrons. The fraction of sp³-hybridized carbons (Fsp3) is 0.286. The van der Waals surface area contributed by atoms with Crippen molar-refractivity contribution in [2.45, 2.75) is 6.42 Å². The van der Waals surface area contributed by atoms with Crippen LogP contribution >= 0.6 is 0 Å².